The molecule has 0 bridgehead atoms. The van der Waals surface area contributed by atoms with Gasteiger partial charge in [-0.15, -0.1) is 24.8 Å². The molecule has 4 N–H and O–H groups in total. The topological polar surface area (TPSA) is 81.6 Å². The fraction of sp³-hybridized carbons (Fsp3) is 0.320. The molecule has 1 aliphatic rings. The Morgan fingerprint density at radius 1 is 0.875 bits per heavy atom. The molecule has 5 nitrogen and oxygen atoms in total. The van der Waals surface area contributed by atoms with Crippen LogP contribution in [0.25, 0.3) is 27.6 Å². The van der Waals surface area contributed by atoms with Crippen LogP contribution < -0.4 is 16.2 Å². The standard InChI is InChI=1S/C25H29N3O2.2ClH/c26-13-1-2-15-28(16-4-14-27)25(29)30-20-9-12-22-19(17-20)8-11-23-21-6-3-5-18(21)7-10-24(22)23;;/h3,5,7-12,17H,1-2,4,6,13-16,26-27H2;2*1H. The van der Waals surface area contributed by atoms with E-state index in [9.17, 15) is 4.79 Å². The van der Waals surface area contributed by atoms with Gasteiger partial charge >= 0.3 is 6.09 Å². The van der Waals surface area contributed by atoms with Crippen LogP contribution in [0, 0.1) is 0 Å². The molecule has 0 radical (unpaired) electrons. The zero-order valence-electron chi connectivity index (χ0n) is 18.1. The minimum Gasteiger partial charge on any atom is -0.410 e. The van der Waals surface area contributed by atoms with Gasteiger partial charge < -0.3 is 21.1 Å². The Hall–Kier alpha value is -2.31. The highest BCUT2D eigenvalue weighted by molar-refractivity contribution is 6.09. The van der Waals surface area contributed by atoms with E-state index in [4.69, 9.17) is 16.2 Å². The first kappa shape index (κ1) is 25.9. The molecule has 0 aliphatic heterocycles. The van der Waals surface area contributed by atoms with Crippen LogP contribution in [0.5, 0.6) is 5.75 Å². The lowest BCUT2D eigenvalue weighted by Gasteiger charge is -2.22. The number of rotatable bonds is 8. The van der Waals surface area contributed by atoms with E-state index in [1.54, 1.807) is 4.90 Å². The number of nitrogens with two attached hydrogens (primary N) is 2. The third-order valence-corrected chi connectivity index (χ3v) is 5.73. The summed E-state index contributed by atoms with van der Waals surface area (Å²) in [6, 6.07) is 14.5. The van der Waals surface area contributed by atoms with Gasteiger partial charge in [0, 0.05) is 13.1 Å². The number of fused-ring (bicyclic) bond motifs is 5. The van der Waals surface area contributed by atoms with Crippen molar-refractivity contribution in [1.82, 2.24) is 4.90 Å². The Kier molecular flexibility index (Phi) is 9.79. The van der Waals surface area contributed by atoms with Crippen molar-refractivity contribution in [2.45, 2.75) is 25.7 Å². The first-order valence-electron chi connectivity index (χ1n) is 10.7. The van der Waals surface area contributed by atoms with Crippen molar-refractivity contribution < 1.29 is 9.53 Å². The Labute approximate surface area is 201 Å². The van der Waals surface area contributed by atoms with E-state index in [0.29, 0.717) is 31.9 Å². The van der Waals surface area contributed by atoms with Gasteiger partial charge in [0.05, 0.1) is 0 Å². The normalized spacial score (nSPS) is 11.7. The summed E-state index contributed by atoms with van der Waals surface area (Å²) < 4.78 is 5.70. The summed E-state index contributed by atoms with van der Waals surface area (Å²) in [5.41, 5.74) is 13.9. The van der Waals surface area contributed by atoms with Crippen molar-refractivity contribution in [1.29, 1.82) is 0 Å². The number of carbonyl (C=O) groups excluding carboxylic acids is 1. The summed E-state index contributed by atoms with van der Waals surface area (Å²) in [6.07, 6.45) is 7.54. The molecule has 1 aliphatic carbocycles. The summed E-state index contributed by atoms with van der Waals surface area (Å²) >= 11 is 0. The van der Waals surface area contributed by atoms with Gasteiger partial charge in [0.25, 0.3) is 0 Å². The molecular weight excluding hydrogens is 445 g/mol. The molecular formula is C25H31Cl2N3O2. The molecule has 0 fully saturated rings. The van der Waals surface area contributed by atoms with E-state index < -0.39 is 0 Å². The summed E-state index contributed by atoms with van der Waals surface area (Å²) in [7, 11) is 0. The number of hydrogen-bond donors (Lipinski definition) is 2. The highest BCUT2D eigenvalue weighted by Crippen LogP contribution is 2.34. The van der Waals surface area contributed by atoms with Gasteiger partial charge in [-0.1, -0.05) is 42.5 Å². The van der Waals surface area contributed by atoms with E-state index in [1.165, 1.54) is 27.3 Å². The van der Waals surface area contributed by atoms with Crippen molar-refractivity contribution in [3.8, 4) is 5.75 Å². The first-order chi connectivity index (χ1) is 14.7. The molecule has 3 aromatic carbocycles. The number of ether oxygens (including phenoxy) is 1. The fourth-order valence-electron chi connectivity index (χ4n) is 4.14. The molecule has 0 aromatic heterocycles. The molecule has 0 spiro atoms. The second-order valence-corrected chi connectivity index (χ2v) is 7.78. The van der Waals surface area contributed by atoms with Gasteiger partial charge in [-0.25, -0.2) is 4.79 Å². The second kappa shape index (κ2) is 12.1. The highest BCUT2D eigenvalue weighted by atomic mass is 35.5. The summed E-state index contributed by atoms with van der Waals surface area (Å²) in [5, 5.41) is 4.77. The molecule has 3 aromatic rings. The minimum atomic E-state index is -0.329. The molecule has 0 unspecified atom stereocenters. The van der Waals surface area contributed by atoms with Gasteiger partial charge in [0.1, 0.15) is 5.75 Å². The predicted molar refractivity (Wildman–Crippen MR) is 138 cm³/mol. The van der Waals surface area contributed by atoms with Crippen molar-refractivity contribution in [3.05, 3.63) is 59.7 Å². The second-order valence-electron chi connectivity index (χ2n) is 7.78. The lowest BCUT2D eigenvalue weighted by molar-refractivity contribution is 0.151. The molecule has 4 rings (SSSR count). The number of allylic oxidation sites excluding steroid dienone is 1. The number of amides is 1. The van der Waals surface area contributed by atoms with Crippen molar-refractivity contribution in [2.24, 2.45) is 11.5 Å². The summed E-state index contributed by atoms with van der Waals surface area (Å²) in [4.78, 5) is 14.4. The van der Waals surface area contributed by atoms with E-state index in [1.807, 2.05) is 18.2 Å². The Bertz CT molecular complexity index is 1100. The molecule has 0 saturated carbocycles. The molecule has 0 atom stereocenters. The molecule has 172 valence electrons. The van der Waals surface area contributed by atoms with Crippen LogP contribution >= 0.6 is 24.8 Å². The van der Waals surface area contributed by atoms with Crippen LogP contribution in [0.3, 0.4) is 0 Å². The average molecular weight is 476 g/mol. The third kappa shape index (κ3) is 5.54. The lowest BCUT2D eigenvalue weighted by Crippen LogP contribution is -2.36. The lowest BCUT2D eigenvalue weighted by atomic mass is 9.96. The molecule has 0 heterocycles. The smallest absolute Gasteiger partial charge is 0.410 e. The minimum absolute atomic E-state index is 0. The third-order valence-electron chi connectivity index (χ3n) is 5.73. The van der Waals surface area contributed by atoms with Crippen LogP contribution in [-0.4, -0.2) is 37.2 Å². The Balaban J connectivity index is 0.00000181. The number of nitrogens with zero attached hydrogens (tertiary/aromatic N) is 1. The number of benzene rings is 3. The Morgan fingerprint density at radius 3 is 2.38 bits per heavy atom. The maximum absolute atomic E-state index is 12.7. The maximum atomic E-state index is 12.7. The molecule has 1 amide bonds. The number of hydrogen-bond acceptors (Lipinski definition) is 4. The van der Waals surface area contributed by atoms with Gasteiger partial charge in [0.2, 0.25) is 0 Å². The van der Waals surface area contributed by atoms with Crippen LogP contribution in [0.2, 0.25) is 0 Å². The molecule has 7 heteroatoms. The van der Waals surface area contributed by atoms with Crippen LogP contribution in [-0.2, 0) is 6.42 Å². The average Bonchev–Trinajstić information content (AvgIpc) is 3.25. The van der Waals surface area contributed by atoms with Crippen molar-refractivity contribution in [2.75, 3.05) is 26.2 Å². The number of carbonyl (C=O) groups is 1. The van der Waals surface area contributed by atoms with Crippen LogP contribution in [0.1, 0.15) is 30.4 Å². The van der Waals surface area contributed by atoms with E-state index in [0.717, 1.165) is 31.1 Å². The number of halogens is 2. The maximum Gasteiger partial charge on any atom is 0.415 e. The SMILES string of the molecule is Cl.Cl.NCCCCN(CCCN)C(=O)Oc1ccc2c(ccc3c4c(ccc32)C=CC4)c1. The summed E-state index contributed by atoms with van der Waals surface area (Å²) in [6.45, 7) is 2.39. The summed E-state index contributed by atoms with van der Waals surface area (Å²) in [5.74, 6) is 0.561. The largest absolute Gasteiger partial charge is 0.415 e. The Morgan fingerprint density at radius 2 is 1.59 bits per heavy atom. The molecule has 0 saturated heterocycles. The van der Waals surface area contributed by atoms with E-state index >= 15 is 0 Å². The zero-order valence-corrected chi connectivity index (χ0v) is 19.7. The predicted octanol–water partition coefficient (Wildman–Crippen LogP) is 5.29. The zero-order chi connectivity index (χ0) is 20.9. The van der Waals surface area contributed by atoms with Gasteiger partial charge in [-0.2, -0.15) is 0 Å². The van der Waals surface area contributed by atoms with Gasteiger partial charge in [0.15, 0.2) is 0 Å². The van der Waals surface area contributed by atoms with E-state index in [-0.39, 0.29) is 30.9 Å². The van der Waals surface area contributed by atoms with Crippen LogP contribution in [0.4, 0.5) is 4.79 Å². The van der Waals surface area contributed by atoms with Crippen molar-refractivity contribution in [3.63, 3.8) is 0 Å². The first-order valence-corrected chi connectivity index (χ1v) is 10.7. The van der Waals surface area contributed by atoms with Gasteiger partial charge in [-0.05, 0) is 83.6 Å². The monoisotopic (exact) mass is 475 g/mol. The van der Waals surface area contributed by atoms with Crippen LogP contribution in [0.15, 0.2) is 48.5 Å². The number of unbranched alkanes of at least 4 members (excludes halogenated alkanes) is 1. The van der Waals surface area contributed by atoms with Crippen molar-refractivity contribution >= 4 is 58.5 Å². The quantitative estimate of drug-likeness (QED) is 0.342. The highest BCUT2D eigenvalue weighted by Gasteiger charge is 2.16. The van der Waals surface area contributed by atoms with E-state index in [2.05, 4.69) is 36.4 Å². The molecule has 32 heavy (non-hydrogen) atoms. The fourth-order valence-corrected chi connectivity index (χ4v) is 4.14. The van der Waals surface area contributed by atoms with Gasteiger partial charge in [-0.3, -0.25) is 0 Å².